The number of fused-ring (bicyclic) bond motifs is 1. The molecule has 0 atom stereocenters. The van der Waals surface area contributed by atoms with Crippen molar-refractivity contribution in [2.24, 2.45) is 0 Å². The Hall–Kier alpha value is -1.83. The second-order valence-electron chi connectivity index (χ2n) is 7.27. The van der Waals surface area contributed by atoms with Gasteiger partial charge in [-0.25, -0.2) is 4.79 Å². The van der Waals surface area contributed by atoms with Gasteiger partial charge in [-0.05, 0) is 56.2 Å². The molecule has 2 aromatic rings. The molecule has 0 aliphatic carbocycles. The van der Waals surface area contributed by atoms with E-state index in [1.807, 2.05) is 25.1 Å². The van der Waals surface area contributed by atoms with Crippen LogP contribution < -0.4 is 5.32 Å². The molecule has 2 heterocycles. The van der Waals surface area contributed by atoms with Crippen LogP contribution in [-0.4, -0.2) is 42.2 Å². The van der Waals surface area contributed by atoms with Crippen molar-refractivity contribution in [3.63, 3.8) is 0 Å². The highest BCUT2D eigenvalue weighted by Crippen LogP contribution is 2.38. The molecule has 162 valence electrons. The van der Waals surface area contributed by atoms with E-state index in [1.165, 1.54) is 21.1 Å². The molecule has 0 unspecified atom stereocenters. The zero-order valence-electron chi connectivity index (χ0n) is 17.7. The number of thioether (sulfide) groups is 1. The van der Waals surface area contributed by atoms with E-state index >= 15 is 0 Å². The number of benzene rings is 1. The van der Waals surface area contributed by atoms with Gasteiger partial charge < -0.3 is 10.1 Å². The van der Waals surface area contributed by atoms with Gasteiger partial charge in [0.05, 0.1) is 12.2 Å². The Morgan fingerprint density at radius 3 is 2.77 bits per heavy atom. The maximum Gasteiger partial charge on any atom is 0.341 e. The van der Waals surface area contributed by atoms with Gasteiger partial charge in [-0.3, -0.25) is 9.69 Å². The van der Waals surface area contributed by atoms with E-state index in [0.717, 1.165) is 50.2 Å². The second-order valence-corrected chi connectivity index (χ2v) is 9.54. The highest BCUT2D eigenvalue weighted by atomic mass is 32.2. The summed E-state index contributed by atoms with van der Waals surface area (Å²) in [6.45, 7) is 7.14. The fourth-order valence-corrected chi connectivity index (χ4v) is 5.77. The molecule has 1 aromatic carbocycles. The third-order valence-corrected chi connectivity index (χ3v) is 7.20. The number of amides is 1. The molecule has 0 radical (unpaired) electrons. The van der Waals surface area contributed by atoms with Crippen LogP contribution >= 0.6 is 23.1 Å². The molecule has 3 rings (SSSR count). The zero-order valence-corrected chi connectivity index (χ0v) is 19.4. The first-order valence-electron chi connectivity index (χ1n) is 10.6. The molecule has 1 aromatic heterocycles. The number of anilines is 1. The van der Waals surface area contributed by atoms with Gasteiger partial charge in [0.2, 0.25) is 5.91 Å². The topological polar surface area (TPSA) is 58.6 Å². The SMILES string of the molecule is CCCN1CCc2c(sc(NC(=O)CCCSc3ccccc3)c2C(=O)OCC)C1. The number of nitrogens with zero attached hydrogens (tertiary/aromatic N) is 1. The van der Waals surface area contributed by atoms with Crippen molar-refractivity contribution in [1.82, 2.24) is 4.90 Å². The molecule has 0 bridgehead atoms. The zero-order chi connectivity index (χ0) is 21.3. The monoisotopic (exact) mass is 446 g/mol. The lowest BCUT2D eigenvalue weighted by Gasteiger charge is -2.26. The molecule has 30 heavy (non-hydrogen) atoms. The van der Waals surface area contributed by atoms with Crippen LogP contribution in [0.25, 0.3) is 0 Å². The summed E-state index contributed by atoms with van der Waals surface area (Å²) in [6.07, 6.45) is 3.15. The Balaban J connectivity index is 1.62. The van der Waals surface area contributed by atoms with Crippen molar-refractivity contribution in [3.05, 3.63) is 46.3 Å². The number of ether oxygens (including phenoxy) is 1. The van der Waals surface area contributed by atoms with Crippen molar-refractivity contribution in [1.29, 1.82) is 0 Å². The van der Waals surface area contributed by atoms with Crippen molar-refractivity contribution in [2.45, 2.75) is 51.0 Å². The first kappa shape index (κ1) is 22.8. The summed E-state index contributed by atoms with van der Waals surface area (Å²) in [5, 5.41) is 3.65. The van der Waals surface area contributed by atoms with Crippen molar-refractivity contribution in [3.8, 4) is 0 Å². The molecule has 5 nitrogen and oxygen atoms in total. The van der Waals surface area contributed by atoms with Gasteiger partial charge in [0, 0.05) is 29.3 Å². The smallest absolute Gasteiger partial charge is 0.341 e. The molecule has 1 N–H and O–H groups in total. The van der Waals surface area contributed by atoms with Gasteiger partial charge in [-0.15, -0.1) is 23.1 Å². The summed E-state index contributed by atoms with van der Waals surface area (Å²) in [7, 11) is 0. The van der Waals surface area contributed by atoms with E-state index in [2.05, 4.69) is 29.3 Å². The molecule has 1 aliphatic rings. The largest absolute Gasteiger partial charge is 0.462 e. The number of hydrogen-bond donors (Lipinski definition) is 1. The highest BCUT2D eigenvalue weighted by Gasteiger charge is 2.29. The summed E-state index contributed by atoms with van der Waals surface area (Å²) in [6, 6.07) is 10.2. The Kier molecular flexibility index (Phi) is 8.78. The van der Waals surface area contributed by atoms with Crippen molar-refractivity contribution in [2.75, 3.05) is 30.8 Å². The third-order valence-electron chi connectivity index (χ3n) is 4.97. The normalized spacial score (nSPS) is 13.7. The first-order valence-corrected chi connectivity index (χ1v) is 12.4. The van der Waals surface area contributed by atoms with Gasteiger partial charge in [0.1, 0.15) is 5.00 Å². The fourth-order valence-electron chi connectivity index (χ4n) is 3.60. The van der Waals surface area contributed by atoms with E-state index in [-0.39, 0.29) is 11.9 Å². The maximum atomic E-state index is 12.6. The lowest BCUT2D eigenvalue weighted by atomic mass is 10.0. The molecule has 1 amide bonds. The maximum absolute atomic E-state index is 12.6. The van der Waals surface area contributed by atoms with E-state index in [9.17, 15) is 9.59 Å². The van der Waals surface area contributed by atoms with Crippen LogP contribution in [-0.2, 0) is 22.5 Å². The summed E-state index contributed by atoms with van der Waals surface area (Å²) in [4.78, 5) is 30.0. The number of esters is 1. The van der Waals surface area contributed by atoms with E-state index in [1.54, 1.807) is 11.8 Å². The lowest BCUT2D eigenvalue weighted by molar-refractivity contribution is -0.116. The van der Waals surface area contributed by atoms with Gasteiger partial charge in [0.15, 0.2) is 0 Å². The number of carbonyl (C=O) groups excluding carboxylic acids is 2. The number of thiophene rings is 1. The Morgan fingerprint density at radius 2 is 2.03 bits per heavy atom. The number of nitrogens with one attached hydrogen (secondary N) is 1. The lowest BCUT2D eigenvalue weighted by Crippen LogP contribution is -2.30. The minimum Gasteiger partial charge on any atom is -0.462 e. The molecule has 0 saturated heterocycles. The Bertz CT molecular complexity index is 852. The van der Waals surface area contributed by atoms with E-state index < -0.39 is 0 Å². The van der Waals surface area contributed by atoms with Crippen LogP contribution in [0.5, 0.6) is 0 Å². The van der Waals surface area contributed by atoms with Crippen LogP contribution in [0.4, 0.5) is 5.00 Å². The highest BCUT2D eigenvalue weighted by molar-refractivity contribution is 7.99. The Morgan fingerprint density at radius 1 is 1.23 bits per heavy atom. The molecular weight excluding hydrogens is 416 g/mol. The van der Waals surface area contributed by atoms with E-state index in [4.69, 9.17) is 4.74 Å². The number of hydrogen-bond acceptors (Lipinski definition) is 6. The minimum atomic E-state index is -0.325. The van der Waals surface area contributed by atoms with E-state index in [0.29, 0.717) is 23.6 Å². The summed E-state index contributed by atoms with van der Waals surface area (Å²) in [5.41, 5.74) is 1.63. The average molecular weight is 447 g/mol. The van der Waals surface area contributed by atoms with Crippen LogP contribution in [0.3, 0.4) is 0 Å². The summed E-state index contributed by atoms with van der Waals surface area (Å²) in [5.74, 6) is 0.516. The fraction of sp³-hybridized carbons (Fsp3) is 0.478. The predicted octanol–water partition coefficient (Wildman–Crippen LogP) is 5.20. The molecule has 0 spiro atoms. The third kappa shape index (κ3) is 6.09. The molecular formula is C23H30N2O3S2. The van der Waals surface area contributed by atoms with Crippen LogP contribution in [0.1, 0.15) is 53.9 Å². The van der Waals surface area contributed by atoms with Crippen LogP contribution in [0, 0.1) is 0 Å². The molecule has 1 aliphatic heterocycles. The quantitative estimate of drug-likeness (QED) is 0.309. The van der Waals surface area contributed by atoms with Gasteiger partial charge in [0.25, 0.3) is 0 Å². The Labute approximate surface area is 187 Å². The number of rotatable bonds is 10. The average Bonchev–Trinajstić information content (AvgIpc) is 3.09. The van der Waals surface area contributed by atoms with Crippen molar-refractivity contribution >= 4 is 40.0 Å². The standard InChI is InChI=1S/C23H30N2O3S2/c1-3-13-25-14-12-18-19(16-25)30-22(21(18)23(27)28-4-2)24-20(26)11-8-15-29-17-9-6-5-7-10-17/h5-7,9-10H,3-4,8,11-16H2,1-2H3,(H,24,26). The van der Waals surface area contributed by atoms with Gasteiger partial charge >= 0.3 is 5.97 Å². The predicted molar refractivity (Wildman–Crippen MR) is 125 cm³/mol. The second kappa shape index (κ2) is 11.5. The van der Waals surface area contributed by atoms with Gasteiger partial charge in [-0.2, -0.15) is 0 Å². The molecule has 7 heteroatoms. The molecule has 0 fully saturated rings. The minimum absolute atomic E-state index is 0.0433. The van der Waals surface area contributed by atoms with Crippen LogP contribution in [0.15, 0.2) is 35.2 Å². The molecule has 0 saturated carbocycles. The van der Waals surface area contributed by atoms with Crippen molar-refractivity contribution < 1.29 is 14.3 Å². The number of carbonyl (C=O) groups is 2. The first-order chi connectivity index (χ1) is 14.6. The summed E-state index contributed by atoms with van der Waals surface area (Å²) < 4.78 is 5.30. The summed E-state index contributed by atoms with van der Waals surface area (Å²) >= 11 is 3.28. The van der Waals surface area contributed by atoms with Crippen LogP contribution in [0.2, 0.25) is 0 Å². The van der Waals surface area contributed by atoms with Gasteiger partial charge in [-0.1, -0.05) is 25.1 Å².